The maximum Gasteiger partial charge on any atom is 0.265 e. The van der Waals surface area contributed by atoms with E-state index >= 15 is 0 Å². The molecule has 0 saturated carbocycles. The van der Waals surface area contributed by atoms with Crippen LogP contribution in [0.25, 0.3) is 0 Å². The summed E-state index contributed by atoms with van der Waals surface area (Å²) in [6.45, 7) is 3.69. The molecular weight excluding hydrogens is 232 g/mol. The van der Waals surface area contributed by atoms with Gasteiger partial charge < -0.3 is 15.2 Å². The Bertz CT molecular complexity index is 363. The highest BCUT2D eigenvalue weighted by molar-refractivity contribution is 5.30. The maximum absolute atomic E-state index is 12.1. The van der Waals surface area contributed by atoms with Crippen LogP contribution < -0.4 is 10.1 Å². The van der Waals surface area contributed by atoms with Crippen molar-refractivity contribution in [1.29, 1.82) is 0 Å². The van der Waals surface area contributed by atoms with Gasteiger partial charge in [-0.1, -0.05) is 0 Å². The van der Waals surface area contributed by atoms with Gasteiger partial charge in [0.15, 0.2) is 0 Å². The van der Waals surface area contributed by atoms with Crippen molar-refractivity contribution in [3.8, 4) is 5.88 Å². The molecule has 0 radical (unpaired) electrons. The Balaban J connectivity index is 2.64. The first-order chi connectivity index (χ1) is 8.02. The van der Waals surface area contributed by atoms with Crippen LogP contribution in [0.4, 0.5) is 14.7 Å². The van der Waals surface area contributed by atoms with Crippen molar-refractivity contribution in [1.82, 2.24) is 9.97 Å². The first-order valence-corrected chi connectivity index (χ1v) is 5.21. The summed E-state index contributed by atoms with van der Waals surface area (Å²) in [5.41, 5.74) is 0.650. The number of aliphatic hydroxyl groups is 1. The molecule has 0 bridgehead atoms. The Kier molecular flexibility index (Phi) is 5.02. The summed E-state index contributed by atoms with van der Waals surface area (Å²) in [6, 6.07) is 1.64. The Morgan fingerprint density at radius 2 is 2.18 bits per heavy atom. The van der Waals surface area contributed by atoms with Gasteiger partial charge in [-0.15, -0.1) is 0 Å². The summed E-state index contributed by atoms with van der Waals surface area (Å²) in [6.07, 6.45) is -4.53. The van der Waals surface area contributed by atoms with E-state index in [-0.39, 0.29) is 12.5 Å². The number of aryl methyl sites for hydroxylation is 1. The van der Waals surface area contributed by atoms with Gasteiger partial charge in [0.05, 0.1) is 6.61 Å². The summed E-state index contributed by atoms with van der Waals surface area (Å²) in [4.78, 5) is 7.94. The van der Waals surface area contributed by atoms with Gasteiger partial charge in [-0.3, -0.25) is 0 Å². The van der Waals surface area contributed by atoms with Gasteiger partial charge in [-0.05, 0) is 13.8 Å². The molecule has 0 aliphatic rings. The van der Waals surface area contributed by atoms with Gasteiger partial charge >= 0.3 is 0 Å². The first kappa shape index (κ1) is 13.6. The number of halogens is 2. The lowest BCUT2D eigenvalue weighted by atomic mass is 10.4. The number of rotatable bonds is 6. The molecular formula is C10H15F2N3O2. The molecule has 0 saturated heterocycles. The summed E-state index contributed by atoms with van der Waals surface area (Å²) in [5, 5.41) is 11.5. The van der Waals surface area contributed by atoms with Crippen LogP contribution in [0.15, 0.2) is 6.07 Å². The van der Waals surface area contributed by atoms with Gasteiger partial charge in [0.1, 0.15) is 6.10 Å². The Labute approximate surface area is 97.8 Å². The predicted octanol–water partition coefficient (Wildman–Crippen LogP) is 1.22. The summed E-state index contributed by atoms with van der Waals surface area (Å²) < 4.78 is 29.3. The minimum absolute atomic E-state index is 0.160. The van der Waals surface area contributed by atoms with Gasteiger partial charge in [0.25, 0.3) is 6.43 Å². The largest absolute Gasteiger partial charge is 0.478 e. The van der Waals surface area contributed by atoms with Crippen molar-refractivity contribution < 1.29 is 18.6 Å². The van der Waals surface area contributed by atoms with Crippen molar-refractivity contribution in [2.45, 2.75) is 26.4 Å². The fourth-order valence-corrected chi connectivity index (χ4v) is 1.13. The molecule has 5 nitrogen and oxygen atoms in total. The lowest BCUT2D eigenvalue weighted by Gasteiger charge is -2.11. The van der Waals surface area contributed by atoms with Gasteiger partial charge in [0.2, 0.25) is 11.8 Å². The molecule has 96 valence electrons. The van der Waals surface area contributed by atoms with E-state index in [0.29, 0.717) is 18.2 Å². The number of aromatic nitrogens is 2. The number of nitrogens with one attached hydrogen (secondary N) is 1. The highest BCUT2D eigenvalue weighted by atomic mass is 19.3. The molecule has 1 heterocycles. The summed E-state index contributed by atoms with van der Waals surface area (Å²) in [5.74, 6) is 0.530. The molecule has 7 heteroatoms. The molecule has 17 heavy (non-hydrogen) atoms. The molecule has 1 rings (SSSR count). The third-order valence-electron chi connectivity index (χ3n) is 1.88. The molecule has 0 aliphatic carbocycles. The van der Waals surface area contributed by atoms with Crippen LogP contribution in [0.1, 0.15) is 12.6 Å². The van der Waals surface area contributed by atoms with E-state index in [0.717, 1.165) is 0 Å². The van der Waals surface area contributed by atoms with Crippen molar-refractivity contribution in [3.63, 3.8) is 0 Å². The predicted molar refractivity (Wildman–Crippen MR) is 58.4 cm³/mol. The van der Waals surface area contributed by atoms with Crippen LogP contribution in [0.2, 0.25) is 0 Å². The molecule has 1 aromatic heterocycles. The monoisotopic (exact) mass is 247 g/mol. The van der Waals surface area contributed by atoms with Gasteiger partial charge in [0, 0.05) is 18.3 Å². The fraction of sp³-hybridized carbons (Fsp3) is 0.600. The highest BCUT2D eigenvalue weighted by Gasteiger charge is 2.16. The third kappa shape index (κ3) is 4.48. The van der Waals surface area contributed by atoms with Crippen LogP contribution in [-0.4, -0.2) is 40.8 Å². The smallest absolute Gasteiger partial charge is 0.265 e. The number of alkyl halides is 2. The molecule has 0 amide bonds. The molecule has 1 aromatic rings. The Morgan fingerprint density at radius 3 is 2.76 bits per heavy atom. The Hall–Kier alpha value is -1.50. The second-order valence-corrected chi connectivity index (χ2v) is 3.39. The molecule has 1 atom stereocenters. The standard InChI is InChI=1S/C10H15F2N3O2/c1-3-17-8-4-6(2)14-10(15-8)13-5-7(16)9(11)12/h4,7,9,16H,3,5H2,1-2H3,(H,13,14,15). The molecule has 0 spiro atoms. The van der Waals surface area contributed by atoms with E-state index in [4.69, 9.17) is 9.84 Å². The lowest BCUT2D eigenvalue weighted by Crippen LogP contribution is -2.27. The quantitative estimate of drug-likeness (QED) is 0.791. The van der Waals surface area contributed by atoms with Crippen molar-refractivity contribution >= 4 is 5.95 Å². The van der Waals surface area contributed by atoms with Gasteiger partial charge in [-0.2, -0.15) is 4.98 Å². The highest BCUT2D eigenvalue weighted by Crippen LogP contribution is 2.12. The van der Waals surface area contributed by atoms with Crippen LogP contribution in [0.3, 0.4) is 0 Å². The lowest BCUT2D eigenvalue weighted by molar-refractivity contribution is 0.00376. The molecule has 1 unspecified atom stereocenters. The van der Waals surface area contributed by atoms with Crippen molar-refractivity contribution in [2.24, 2.45) is 0 Å². The number of aliphatic hydroxyl groups excluding tert-OH is 1. The average molecular weight is 247 g/mol. The van der Waals surface area contributed by atoms with Crippen molar-refractivity contribution in [3.05, 3.63) is 11.8 Å². The maximum atomic E-state index is 12.1. The van der Waals surface area contributed by atoms with Crippen LogP contribution in [0, 0.1) is 6.92 Å². The molecule has 0 aliphatic heterocycles. The third-order valence-corrected chi connectivity index (χ3v) is 1.88. The second-order valence-electron chi connectivity index (χ2n) is 3.39. The van der Waals surface area contributed by atoms with E-state index in [1.165, 1.54) is 0 Å². The summed E-state index contributed by atoms with van der Waals surface area (Å²) in [7, 11) is 0. The fourth-order valence-electron chi connectivity index (χ4n) is 1.13. The SMILES string of the molecule is CCOc1cc(C)nc(NCC(O)C(F)F)n1. The zero-order valence-electron chi connectivity index (χ0n) is 9.65. The number of anilines is 1. The minimum atomic E-state index is -2.79. The number of hydrogen-bond acceptors (Lipinski definition) is 5. The number of hydrogen-bond donors (Lipinski definition) is 2. The van der Waals surface area contributed by atoms with E-state index in [9.17, 15) is 8.78 Å². The summed E-state index contributed by atoms with van der Waals surface area (Å²) >= 11 is 0. The zero-order valence-corrected chi connectivity index (χ0v) is 9.65. The number of nitrogens with zero attached hydrogens (tertiary/aromatic N) is 2. The molecule has 0 aromatic carbocycles. The zero-order chi connectivity index (χ0) is 12.8. The molecule has 2 N–H and O–H groups in total. The van der Waals surface area contributed by atoms with Gasteiger partial charge in [-0.25, -0.2) is 13.8 Å². The van der Waals surface area contributed by atoms with Crippen LogP contribution >= 0.6 is 0 Å². The second kappa shape index (κ2) is 6.29. The Morgan fingerprint density at radius 1 is 1.47 bits per heavy atom. The van der Waals surface area contributed by atoms with E-state index in [1.54, 1.807) is 13.0 Å². The topological polar surface area (TPSA) is 67.3 Å². The minimum Gasteiger partial charge on any atom is -0.478 e. The van der Waals surface area contributed by atoms with E-state index in [1.807, 2.05) is 6.92 Å². The van der Waals surface area contributed by atoms with E-state index < -0.39 is 12.5 Å². The molecule has 0 fully saturated rings. The normalized spacial score (nSPS) is 12.6. The van der Waals surface area contributed by atoms with E-state index in [2.05, 4.69) is 15.3 Å². The van der Waals surface area contributed by atoms with Crippen LogP contribution in [-0.2, 0) is 0 Å². The average Bonchev–Trinajstić information content (AvgIpc) is 2.25. The van der Waals surface area contributed by atoms with Crippen LogP contribution in [0.5, 0.6) is 5.88 Å². The first-order valence-electron chi connectivity index (χ1n) is 5.21. The van der Waals surface area contributed by atoms with Crippen molar-refractivity contribution in [2.75, 3.05) is 18.5 Å². The number of ether oxygens (including phenoxy) is 1.